The molecule has 0 amide bonds. The van der Waals surface area contributed by atoms with E-state index in [1.165, 1.54) is 11.1 Å². The van der Waals surface area contributed by atoms with Crippen LogP contribution in [0.5, 0.6) is 0 Å². The van der Waals surface area contributed by atoms with Gasteiger partial charge >= 0.3 is 53.4 Å². The van der Waals surface area contributed by atoms with Crippen molar-refractivity contribution in [1.29, 1.82) is 0 Å². The van der Waals surface area contributed by atoms with Gasteiger partial charge in [-0.15, -0.1) is 5.56 Å². The first-order valence-corrected chi connectivity index (χ1v) is 13.5. The number of hydrogen-bond donors (Lipinski definition) is 0. The van der Waals surface area contributed by atoms with Crippen LogP contribution in [0.1, 0.15) is 25.0 Å². The van der Waals surface area contributed by atoms with Crippen molar-refractivity contribution in [1.82, 2.24) is 0 Å². The fourth-order valence-corrected chi connectivity index (χ4v) is 2.13. The Balaban J connectivity index is 0.000000437. The van der Waals surface area contributed by atoms with E-state index < -0.39 is 19.5 Å². The maximum Gasteiger partial charge on any atom is 2.00 e. The molecule has 0 fully saturated rings. The standard InChI is InChI=1S/C14H15.C5H5.6FH.Fe.Sb/c1-14(2,13-10-6-7-11-13)12-8-4-3-5-9-12;1-2-4-5-3-1;;;;;;;;/h3-11H,1-2H3;1-5H;6*1H;;/q2*-1;;;;;;;+2;+5/p-6. The molecule has 0 aliphatic carbocycles. The Kier molecular flexibility index (Phi) is 8.51. The SMILES string of the molecule is CC(C)(c1ccccc1)[c-]1cccc1.[F][Sb-]([F])([F])([F])([F])[F].[Fe+2].c1cc[cH-]c1. The minimum absolute atomic E-state index is 0. The fraction of sp³-hybridized carbons (Fsp3) is 0.158. The quantitative estimate of drug-likeness (QED) is 0.182. The van der Waals surface area contributed by atoms with E-state index in [-0.39, 0.29) is 22.5 Å². The van der Waals surface area contributed by atoms with Gasteiger partial charge in [0, 0.05) is 0 Å². The van der Waals surface area contributed by atoms with Crippen LogP contribution in [-0.2, 0) is 22.5 Å². The van der Waals surface area contributed by atoms with E-state index in [0.29, 0.717) is 0 Å². The number of halogens is 6. The molecule has 152 valence electrons. The first kappa shape index (κ1) is 25.8. The smallest absolute Gasteiger partial charge is 0.214 e. The molecular weight excluding hydrogens is 520 g/mol. The largest absolute Gasteiger partial charge is 2.00 e. The van der Waals surface area contributed by atoms with Gasteiger partial charge in [-0.05, 0) is 11.0 Å². The number of rotatable bonds is 2. The number of hydrogen-bond acceptors (Lipinski definition) is 0. The van der Waals surface area contributed by atoms with Gasteiger partial charge in [0.15, 0.2) is 0 Å². The van der Waals surface area contributed by atoms with Crippen LogP contribution in [0.15, 0.2) is 84.9 Å². The van der Waals surface area contributed by atoms with Gasteiger partial charge in [0.2, 0.25) is 0 Å². The Hall–Kier alpha value is -1.16. The molecule has 0 aromatic heterocycles. The maximum absolute atomic E-state index is 11.2. The fourth-order valence-electron chi connectivity index (χ4n) is 2.13. The van der Waals surface area contributed by atoms with E-state index in [2.05, 4.69) is 68.4 Å². The third-order valence-corrected chi connectivity index (χ3v) is 3.44. The second kappa shape index (κ2) is 8.89. The first-order valence-electron chi connectivity index (χ1n) is 7.67. The Labute approximate surface area is 168 Å². The average Bonchev–Trinajstić information content (AvgIpc) is 3.21. The topological polar surface area (TPSA) is 0 Å². The molecular formula is C19H20F6FeSb-. The molecule has 3 rings (SSSR count). The van der Waals surface area contributed by atoms with Crippen molar-refractivity contribution in [3.05, 3.63) is 96.1 Å². The Morgan fingerprint density at radius 3 is 1.48 bits per heavy atom. The van der Waals surface area contributed by atoms with E-state index in [1.807, 2.05) is 30.3 Å². The van der Waals surface area contributed by atoms with Crippen LogP contribution in [-0.4, -0.2) is 19.5 Å². The molecule has 0 saturated heterocycles. The van der Waals surface area contributed by atoms with E-state index >= 15 is 0 Å². The van der Waals surface area contributed by atoms with Crippen LogP contribution in [0.4, 0.5) is 16.9 Å². The molecule has 0 aliphatic rings. The van der Waals surface area contributed by atoms with Crippen molar-refractivity contribution in [2.75, 3.05) is 0 Å². The van der Waals surface area contributed by atoms with Gasteiger partial charge in [0.1, 0.15) is 0 Å². The van der Waals surface area contributed by atoms with Crippen LogP contribution in [0.25, 0.3) is 0 Å². The molecule has 0 radical (unpaired) electrons. The zero-order valence-corrected chi connectivity index (χ0v) is 18.3. The molecule has 0 N–H and O–H groups in total. The van der Waals surface area contributed by atoms with Crippen molar-refractivity contribution >= 4 is 19.5 Å². The van der Waals surface area contributed by atoms with Crippen LogP contribution in [0.3, 0.4) is 0 Å². The van der Waals surface area contributed by atoms with Gasteiger partial charge in [-0.25, -0.2) is 24.3 Å². The zero-order valence-electron chi connectivity index (χ0n) is 14.7. The van der Waals surface area contributed by atoms with E-state index in [1.54, 1.807) is 0 Å². The monoisotopic (exact) mass is 539 g/mol. The number of benzene rings is 1. The van der Waals surface area contributed by atoms with Crippen molar-refractivity contribution in [3.8, 4) is 0 Å². The second-order valence-electron chi connectivity index (χ2n) is 6.09. The Morgan fingerprint density at radius 1 is 0.741 bits per heavy atom. The second-order valence-corrected chi connectivity index (χ2v) is 11.6. The molecule has 0 unspecified atom stereocenters. The summed E-state index contributed by atoms with van der Waals surface area (Å²) in [5.74, 6) is 0. The molecule has 0 nitrogen and oxygen atoms in total. The van der Waals surface area contributed by atoms with Gasteiger partial charge in [-0.2, -0.15) is 30.3 Å². The molecule has 0 atom stereocenters. The van der Waals surface area contributed by atoms with Gasteiger partial charge in [0.25, 0.3) is 0 Å². The Bertz CT molecular complexity index is 717. The van der Waals surface area contributed by atoms with E-state index in [0.717, 1.165) is 0 Å². The van der Waals surface area contributed by atoms with Crippen molar-refractivity contribution in [2.45, 2.75) is 19.3 Å². The van der Waals surface area contributed by atoms with Gasteiger partial charge < -0.3 is 0 Å². The molecule has 0 bridgehead atoms. The summed E-state index contributed by atoms with van der Waals surface area (Å²) in [5, 5.41) is 0. The van der Waals surface area contributed by atoms with Gasteiger partial charge in [0.05, 0.1) is 0 Å². The molecule has 0 saturated carbocycles. The van der Waals surface area contributed by atoms with Crippen molar-refractivity contribution < 1.29 is 33.9 Å². The molecule has 8 heteroatoms. The minimum atomic E-state index is -11.2. The van der Waals surface area contributed by atoms with Crippen molar-refractivity contribution in [3.63, 3.8) is 0 Å². The minimum Gasteiger partial charge on any atom is -0.214 e. The van der Waals surface area contributed by atoms with E-state index in [4.69, 9.17) is 0 Å². The van der Waals surface area contributed by atoms with E-state index in [9.17, 15) is 16.9 Å². The van der Waals surface area contributed by atoms with Gasteiger partial charge in [-0.1, -0.05) is 44.2 Å². The summed E-state index contributed by atoms with van der Waals surface area (Å²) in [6.07, 6.45) is 0. The third kappa shape index (κ3) is 13.6. The normalized spacial score (nSPS) is 13.5. The molecule has 27 heavy (non-hydrogen) atoms. The van der Waals surface area contributed by atoms with Crippen LogP contribution < -0.4 is 0 Å². The predicted octanol–water partition coefficient (Wildman–Crippen LogP) is 7.27. The molecule has 3 aromatic carbocycles. The Morgan fingerprint density at radius 2 is 1.15 bits per heavy atom. The van der Waals surface area contributed by atoms with Crippen LogP contribution in [0.2, 0.25) is 0 Å². The maximum atomic E-state index is 9.93. The molecule has 0 heterocycles. The summed E-state index contributed by atoms with van der Waals surface area (Å²) in [6, 6.07) is 29.2. The van der Waals surface area contributed by atoms with Crippen LogP contribution in [0, 0.1) is 0 Å². The van der Waals surface area contributed by atoms with Gasteiger partial charge in [-0.3, -0.25) is 0 Å². The summed E-state index contributed by atoms with van der Waals surface area (Å²) in [4.78, 5) is 0. The summed E-state index contributed by atoms with van der Waals surface area (Å²) in [6.45, 7) is 4.52. The average molecular weight is 540 g/mol. The van der Waals surface area contributed by atoms with Crippen LogP contribution >= 0.6 is 0 Å². The molecule has 3 aromatic rings. The summed E-state index contributed by atoms with van der Waals surface area (Å²) >= 11 is -11.2. The molecule has 0 spiro atoms. The summed E-state index contributed by atoms with van der Waals surface area (Å²) < 4.78 is 59.6. The predicted molar refractivity (Wildman–Crippen MR) is 95.0 cm³/mol. The van der Waals surface area contributed by atoms with Crippen molar-refractivity contribution in [2.24, 2.45) is 0 Å². The first-order chi connectivity index (χ1) is 11.7. The molecule has 0 aliphatic heterocycles. The zero-order chi connectivity index (χ0) is 20.0. The summed E-state index contributed by atoms with van der Waals surface area (Å²) in [7, 11) is 0. The third-order valence-electron chi connectivity index (χ3n) is 3.44. The summed E-state index contributed by atoms with van der Waals surface area (Å²) in [5.41, 5.74) is 2.86.